The lowest BCUT2D eigenvalue weighted by molar-refractivity contribution is 0.147. The van der Waals surface area contributed by atoms with Gasteiger partial charge in [-0.25, -0.2) is 0 Å². The predicted octanol–water partition coefficient (Wildman–Crippen LogP) is 3.93. The predicted molar refractivity (Wildman–Crippen MR) is 107 cm³/mol. The van der Waals surface area contributed by atoms with Crippen LogP contribution in [0.25, 0.3) is 10.4 Å². The number of nitrogens with one attached hydrogen (secondary N) is 1. The van der Waals surface area contributed by atoms with Crippen molar-refractivity contribution < 1.29 is 9.47 Å². The summed E-state index contributed by atoms with van der Waals surface area (Å²) in [6.07, 6.45) is 2.51. The van der Waals surface area contributed by atoms with E-state index in [0.717, 1.165) is 37.7 Å². The minimum absolute atomic E-state index is 0.598. The molecule has 1 aromatic carbocycles. The molecule has 1 fully saturated rings. The number of likely N-dealkylation sites (tertiary alicyclic amines) is 1. The Morgan fingerprint density at radius 2 is 2.27 bits per heavy atom. The molecule has 26 heavy (non-hydrogen) atoms. The van der Waals surface area contributed by atoms with Crippen LogP contribution in [0.15, 0.2) is 24.3 Å². The van der Waals surface area contributed by atoms with Crippen molar-refractivity contribution in [2.24, 2.45) is 5.92 Å². The molecule has 0 amide bonds. The molecule has 0 radical (unpaired) electrons. The van der Waals surface area contributed by atoms with Crippen LogP contribution in [0.1, 0.15) is 23.3 Å². The lowest BCUT2D eigenvalue weighted by Crippen LogP contribution is -2.34. The summed E-state index contributed by atoms with van der Waals surface area (Å²) in [7, 11) is 2.20. The number of hydrogen-bond acceptors (Lipinski definition) is 5. The number of hydrogen-bond donors (Lipinski definition) is 1. The Balaban J connectivity index is 1.60. The van der Waals surface area contributed by atoms with Gasteiger partial charge in [-0.1, -0.05) is 0 Å². The highest BCUT2D eigenvalue weighted by Gasteiger charge is 2.21. The molecule has 4 nitrogen and oxygen atoms in total. The molecule has 5 heteroatoms. The van der Waals surface area contributed by atoms with Gasteiger partial charge in [-0.15, -0.1) is 11.3 Å². The Morgan fingerprint density at radius 1 is 1.35 bits per heavy atom. The first-order valence-corrected chi connectivity index (χ1v) is 10.4. The summed E-state index contributed by atoms with van der Waals surface area (Å²) < 4.78 is 12.4. The van der Waals surface area contributed by atoms with Crippen molar-refractivity contribution in [1.29, 1.82) is 0 Å². The number of benzene rings is 1. The van der Waals surface area contributed by atoms with Crippen molar-refractivity contribution in [2.75, 3.05) is 39.9 Å². The fourth-order valence-electron chi connectivity index (χ4n) is 3.86. The van der Waals surface area contributed by atoms with Gasteiger partial charge in [0.1, 0.15) is 6.61 Å². The molecule has 1 aromatic heterocycles. The minimum atomic E-state index is 0.598. The topological polar surface area (TPSA) is 33.7 Å². The van der Waals surface area contributed by atoms with Crippen molar-refractivity contribution in [2.45, 2.75) is 26.3 Å². The van der Waals surface area contributed by atoms with Gasteiger partial charge in [-0.2, -0.15) is 0 Å². The molecule has 4 rings (SSSR count). The maximum absolute atomic E-state index is 6.34. The minimum Gasteiger partial charge on any atom is -0.489 e. The van der Waals surface area contributed by atoms with Crippen molar-refractivity contribution in [3.63, 3.8) is 0 Å². The zero-order valence-corrected chi connectivity index (χ0v) is 16.5. The van der Waals surface area contributed by atoms with Gasteiger partial charge in [0.25, 0.3) is 0 Å². The van der Waals surface area contributed by atoms with Crippen LogP contribution >= 0.6 is 11.3 Å². The quantitative estimate of drug-likeness (QED) is 0.882. The van der Waals surface area contributed by atoms with Crippen LogP contribution in [0.5, 0.6) is 11.5 Å². The van der Waals surface area contributed by atoms with Gasteiger partial charge in [0, 0.05) is 40.9 Å². The second kappa shape index (κ2) is 7.99. The Morgan fingerprint density at radius 3 is 3.08 bits per heavy atom. The normalized spacial score (nSPS) is 20.9. The van der Waals surface area contributed by atoms with Gasteiger partial charge < -0.3 is 19.7 Å². The first-order valence-electron chi connectivity index (χ1n) is 9.57. The molecular formula is C21H28N2O2S. The van der Waals surface area contributed by atoms with Gasteiger partial charge in [0.05, 0.1) is 6.61 Å². The molecule has 1 unspecified atom stereocenters. The maximum atomic E-state index is 6.34. The standard InChI is InChI=1S/C21H28N2O2S/c1-15-5-6-20(26-15)17-10-18-12-22-7-9-24-21(18)19(11-17)25-14-16-4-3-8-23(2)13-16/h5-6,10-11,16,22H,3-4,7-9,12-14H2,1-2H3. The second-order valence-corrected chi connectivity index (χ2v) is 8.77. The molecule has 2 aliphatic rings. The lowest BCUT2D eigenvalue weighted by Gasteiger charge is -2.29. The number of thiophene rings is 1. The third kappa shape index (κ3) is 4.05. The summed E-state index contributed by atoms with van der Waals surface area (Å²) in [5.41, 5.74) is 2.42. The van der Waals surface area contributed by atoms with Crippen LogP contribution in [0.2, 0.25) is 0 Å². The fraction of sp³-hybridized carbons (Fsp3) is 0.524. The third-order valence-corrected chi connectivity index (χ3v) is 6.24. The molecule has 2 aliphatic heterocycles. The Bertz CT molecular complexity index is 758. The van der Waals surface area contributed by atoms with Crippen molar-refractivity contribution in [3.05, 3.63) is 34.7 Å². The van der Waals surface area contributed by atoms with E-state index in [9.17, 15) is 0 Å². The van der Waals surface area contributed by atoms with Gasteiger partial charge in [0.2, 0.25) is 0 Å². The van der Waals surface area contributed by atoms with Crippen LogP contribution in [-0.4, -0.2) is 44.8 Å². The van der Waals surface area contributed by atoms with Crippen molar-refractivity contribution in [3.8, 4) is 21.9 Å². The first kappa shape index (κ1) is 17.8. The number of nitrogens with zero attached hydrogens (tertiary/aromatic N) is 1. The summed E-state index contributed by atoms with van der Waals surface area (Å²) in [6, 6.07) is 8.80. The van der Waals surface area contributed by atoms with E-state index in [1.807, 2.05) is 11.3 Å². The summed E-state index contributed by atoms with van der Waals surface area (Å²) in [4.78, 5) is 5.03. The molecule has 1 N–H and O–H groups in total. The number of ether oxygens (including phenoxy) is 2. The number of aryl methyl sites for hydroxylation is 1. The molecule has 1 saturated heterocycles. The van der Waals surface area contributed by atoms with Gasteiger partial charge >= 0.3 is 0 Å². The second-order valence-electron chi connectivity index (χ2n) is 7.48. The zero-order chi connectivity index (χ0) is 17.9. The summed E-state index contributed by atoms with van der Waals surface area (Å²) in [6.45, 7) is 7.63. The Hall–Kier alpha value is -1.56. The average Bonchev–Trinajstić information content (AvgIpc) is 2.93. The molecular weight excluding hydrogens is 344 g/mol. The highest BCUT2D eigenvalue weighted by molar-refractivity contribution is 7.15. The third-order valence-electron chi connectivity index (χ3n) is 5.19. The zero-order valence-electron chi connectivity index (χ0n) is 15.7. The van der Waals surface area contributed by atoms with E-state index in [4.69, 9.17) is 9.47 Å². The van der Waals surface area contributed by atoms with Crippen LogP contribution in [0.3, 0.4) is 0 Å². The van der Waals surface area contributed by atoms with Gasteiger partial charge in [-0.3, -0.25) is 0 Å². The molecule has 0 bridgehead atoms. The van der Waals surface area contributed by atoms with E-state index in [1.54, 1.807) is 0 Å². The monoisotopic (exact) mass is 372 g/mol. The van der Waals surface area contributed by atoms with E-state index < -0.39 is 0 Å². The van der Waals surface area contributed by atoms with E-state index >= 15 is 0 Å². The van der Waals surface area contributed by atoms with E-state index in [-0.39, 0.29) is 0 Å². The SMILES string of the molecule is Cc1ccc(-c2cc3c(c(OCC4CCCN(C)C4)c2)OCCNC3)s1. The number of piperidine rings is 1. The Labute approximate surface area is 160 Å². The van der Waals surface area contributed by atoms with Crippen LogP contribution in [0, 0.1) is 12.8 Å². The summed E-state index contributed by atoms with van der Waals surface area (Å²) in [5.74, 6) is 2.43. The van der Waals surface area contributed by atoms with E-state index in [2.05, 4.69) is 48.5 Å². The largest absolute Gasteiger partial charge is 0.489 e. The summed E-state index contributed by atoms with van der Waals surface area (Å²) >= 11 is 1.83. The smallest absolute Gasteiger partial charge is 0.165 e. The number of fused-ring (bicyclic) bond motifs is 1. The molecule has 3 heterocycles. The molecule has 2 aromatic rings. The summed E-state index contributed by atoms with van der Waals surface area (Å²) in [5, 5.41) is 3.44. The van der Waals surface area contributed by atoms with E-state index in [1.165, 1.54) is 40.3 Å². The van der Waals surface area contributed by atoms with Crippen LogP contribution in [-0.2, 0) is 6.54 Å². The molecule has 1 atom stereocenters. The van der Waals surface area contributed by atoms with Crippen molar-refractivity contribution >= 4 is 11.3 Å². The molecule has 0 saturated carbocycles. The molecule has 0 spiro atoms. The highest BCUT2D eigenvalue weighted by Crippen LogP contribution is 2.39. The average molecular weight is 373 g/mol. The van der Waals surface area contributed by atoms with Gasteiger partial charge in [0.15, 0.2) is 11.5 Å². The van der Waals surface area contributed by atoms with Gasteiger partial charge in [-0.05, 0) is 63.2 Å². The van der Waals surface area contributed by atoms with E-state index in [0.29, 0.717) is 12.5 Å². The van der Waals surface area contributed by atoms with Crippen LogP contribution < -0.4 is 14.8 Å². The fourth-order valence-corrected chi connectivity index (χ4v) is 4.71. The highest BCUT2D eigenvalue weighted by atomic mass is 32.1. The first-order chi connectivity index (χ1) is 12.7. The van der Waals surface area contributed by atoms with Crippen molar-refractivity contribution in [1.82, 2.24) is 10.2 Å². The Kier molecular flexibility index (Phi) is 5.48. The van der Waals surface area contributed by atoms with Crippen LogP contribution in [0.4, 0.5) is 0 Å². The molecule has 0 aliphatic carbocycles. The molecule has 140 valence electrons. The maximum Gasteiger partial charge on any atom is 0.165 e. The number of rotatable bonds is 4. The lowest BCUT2D eigenvalue weighted by atomic mass is 9.99.